The number of nitrogens with one attached hydrogen (secondary N) is 1. The van der Waals surface area contributed by atoms with Crippen LogP contribution in [0.3, 0.4) is 0 Å². The van der Waals surface area contributed by atoms with Gasteiger partial charge < -0.3 is 5.32 Å². The molecule has 5 heteroatoms. The van der Waals surface area contributed by atoms with Gasteiger partial charge in [0.2, 0.25) is 10.0 Å². The molecular formula is C14H22N2O2S. The summed E-state index contributed by atoms with van der Waals surface area (Å²) < 4.78 is 27.1. The minimum Gasteiger partial charge on any atom is -0.316 e. The van der Waals surface area contributed by atoms with Crippen LogP contribution < -0.4 is 5.32 Å². The molecule has 0 bridgehead atoms. The predicted octanol–water partition coefficient (Wildman–Crippen LogP) is 1.83. The van der Waals surface area contributed by atoms with Gasteiger partial charge in [-0.2, -0.15) is 4.31 Å². The average Bonchev–Trinajstić information content (AvgIpc) is 2.39. The molecule has 1 N–H and O–H groups in total. The van der Waals surface area contributed by atoms with Crippen molar-refractivity contribution in [3.05, 3.63) is 29.8 Å². The van der Waals surface area contributed by atoms with Crippen molar-refractivity contribution in [2.45, 2.75) is 31.2 Å². The molecule has 0 saturated carbocycles. The summed E-state index contributed by atoms with van der Waals surface area (Å²) in [6.45, 7) is 3.96. The van der Waals surface area contributed by atoms with Crippen LogP contribution in [-0.4, -0.2) is 32.9 Å². The Morgan fingerprint density at radius 2 is 2.11 bits per heavy atom. The lowest BCUT2D eigenvalue weighted by molar-refractivity contribution is 0.281. The van der Waals surface area contributed by atoms with Crippen molar-refractivity contribution >= 4 is 10.0 Å². The molecule has 1 fully saturated rings. The highest BCUT2D eigenvalue weighted by Gasteiger charge is 2.29. The molecule has 1 atom stereocenters. The normalized spacial score (nSPS) is 21.5. The fourth-order valence-corrected chi connectivity index (χ4v) is 4.42. The summed E-state index contributed by atoms with van der Waals surface area (Å²) in [4.78, 5) is 0.443. The summed E-state index contributed by atoms with van der Waals surface area (Å²) >= 11 is 0. The van der Waals surface area contributed by atoms with Gasteiger partial charge in [-0.1, -0.05) is 25.1 Å². The van der Waals surface area contributed by atoms with Gasteiger partial charge in [0.05, 0.1) is 4.90 Å². The Morgan fingerprint density at radius 1 is 1.37 bits per heavy atom. The van der Waals surface area contributed by atoms with Crippen molar-refractivity contribution in [3.63, 3.8) is 0 Å². The standard InChI is InChI=1S/C14H22N2O2S/c1-12-6-5-9-16(11-12)19(17,18)14-8-4-3-7-13(14)10-15-2/h3-4,7-8,12,15H,5-6,9-11H2,1-2H3. The molecule has 0 spiro atoms. The first-order chi connectivity index (χ1) is 9.05. The zero-order valence-corrected chi connectivity index (χ0v) is 12.4. The molecule has 1 unspecified atom stereocenters. The van der Waals surface area contributed by atoms with Crippen LogP contribution in [-0.2, 0) is 16.6 Å². The Hall–Kier alpha value is -0.910. The molecule has 0 aliphatic carbocycles. The molecule has 106 valence electrons. The van der Waals surface area contributed by atoms with Gasteiger partial charge in [-0.05, 0) is 37.4 Å². The van der Waals surface area contributed by atoms with Gasteiger partial charge in [-0.15, -0.1) is 0 Å². The molecule has 1 saturated heterocycles. The Labute approximate surface area is 115 Å². The fraction of sp³-hybridized carbons (Fsp3) is 0.571. The molecule has 0 radical (unpaired) electrons. The molecule has 1 aromatic carbocycles. The van der Waals surface area contributed by atoms with Gasteiger partial charge in [-0.3, -0.25) is 0 Å². The van der Waals surface area contributed by atoms with Crippen LogP contribution in [0.15, 0.2) is 29.2 Å². The van der Waals surface area contributed by atoms with E-state index in [0.29, 0.717) is 30.4 Å². The molecule has 19 heavy (non-hydrogen) atoms. The summed E-state index contributed by atoms with van der Waals surface area (Å²) in [7, 11) is -1.53. The third kappa shape index (κ3) is 3.16. The minimum absolute atomic E-state index is 0.443. The van der Waals surface area contributed by atoms with Crippen LogP contribution in [0, 0.1) is 5.92 Å². The minimum atomic E-state index is -3.35. The fourth-order valence-electron chi connectivity index (χ4n) is 2.60. The highest BCUT2D eigenvalue weighted by atomic mass is 32.2. The molecule has 1 aliphatic rings. The van der Waals surface area contributed by atoms with Crippen LogP contribution >= 0.6 is 0 Å². The summed E-state index contributed by atoms with van der Waals surface area (Å²) in [5, 5.41) is 3.03. The van der Waals surface area contributed by atoms with Crippen LogP contribution in [0.1, 0.15) is 25.3 Å². The van der Waals surface area contributed by atoms with E-state index in [9.17, 15) is 8.42 Å². The number of benzene rings is 1. The second kappa shape index (κ2) is 6.03. The van der Waals surface area contributed by atoms with Gasteiger partial charge in [0.25, 0.3) is 0 Å². The van der Waals surface area contributed by atoms with Crippen molar-refractivity contribution < 1.29 is 8.42 Å². The predicted molar refractivity (Wildman–Crippen MR) is 76.4 cm³/mol. The van der Waals surface area contributed by atoms with Crippen molar-refractivity contribution in [3.8, 4) is 0 Å². The van der Waals surface area contributed by atoms with Crippen molar-refractivity contribution in [2.24, 2.45) is 5.92 Å². The molecule has 1 aliphatic heterocycles. The van der Waals surface area contributed by atoms with Gasteiger partial charge in [0, 0.05) is 19.6 Å². The van der Waals surface area contributed by atoms with Gasteiger partial charge >= 0.3 is 0 Å². The Kier molecular flexibility index (Phi) is 4.60. The number of nitrogens with zero attached hydrogens (tertiary/aromatic N) is 1. The molecule has 2 rings (SSSR count). The summed E-state index contributed by atoms with van der Waals surface area (Å²) in [5.74, 6) is 0.444. The number of rotatable bonds is 4. The quantitative estimate of drug-likeness (QED) is 0.916. The zero-order valence-electron chi connectivity index (χ0n) is 11.6. The number of sulfonamides is 1. The molecule has 0 amide bonds. The van der Waals surface area contributed by atoms with Crippen molar-refractivity contribution in [2.75, 3.05) is 20.1 Å². The summed E-state index contributed by atoms with van der Waals surface area (Å²) in [6.07, 6.45) is 2.07. The molecular weight excluding hydrogens is 260 g/mol. The number of hydrogen-bond acceptors (Lipinski definition) is 3. The maximum atomic E-state index is 12.7. The van der Waals surface area contributed by atoms with Crippen LogP contribution in [0.2, 0.25) is 0 Å². The number of hydrogen-bond donors (Lipinski definition) is 1. The lowest BCUT2D eigenvalue weighted by Crippen LogP contribution is -2.39. The highest BCUT2D eigenvalue weighted by Crippen LogP contribution is 2.25. The smallest absolute Gasteiger partial charge is 0.243 e. The topological polar surface area (TPSA) is 49.4 Å². The second-order valence-corrected chi connectivity index (χ2v) is 7.15. The summed E-state index contributed by atoms with van der Waals surface area (Å²) in [6, 6.07) is 7.25. The first-order valence-corrected chi connectivity index (χ1v) is 8.22. The Balaban J connectivity index is 2.33. The third-order valence-corrected chi connectivity index (χ3v) is 5.54. The first-order valence-electron chi connectivity index (χ1n) is 6.78. The van der Waals surface area contributed by atoms with Crippen LogP contribution in [0.5, 0.6) is 0 Å². The maximum absolute atomic E-state index is 12.7. The lowest BCUT2D eigenvalue weighted by Gasteiger charge is -2.30. The molecule has 1 aromatic rings. The van der Waals surface area contributed by atoms with Gasteiger partial charge in [0.1, 0.15) is 0 Å². The Bertz CT molecular complexity index is 528. The van der Waals surface area contributed by atoms with E-state index in [4.69, 9.17) is 0 Å². The largest absolute Gasteiger partial charge is 0.316 e. The van der Waals surface area contributed by atoms with Crippen molar-refractivity contribution in [1.82, 2.24) is 9.62 Å². The summed E-state index contributed by atoms with van der Waals surface area (Å²) in [5.41, 5.74) is 0.836. The molecule has 0 aromatic heterocycles. The average molecular weight is 282 g/mol. The van der Waals surface area contributed by atoms with E-state index in [0.717, 1.165) is 18.4 Å². The SMILES string of the molecule is CNCc1ccccc1S(=O)(=O)N1CCCC(C)C1. The second-order valence-electron chi connectivity index (χ2n) is 5.25. The van der Waals surface area contributed by atoms with Crippen molar-refractivity contribution in [1.29, 1.82) is 0 Å². The van der Waals surface area contributed by atoms with E-state index in [2.05, 4.69) is 12.2 Å². The zero-order chi connectivity index (χ0) is 13.9. The van der Waals surface area contributed by atoms with E-state index in [1.807, 2.05) is 19.2 Å². The molecule has 4 nitrogen and oxygen atoms in total. The van der Waals surface area contributed by atoms with E-state index in [1.165, 1.54) is 0 Å². The maximum Gasteiger partial charge on any atom is 0.243 e. The highest BCUT2D eigenvalue weighted by molar-refractivity contribution is 7.89. The first kappa shape index (κ1) is 14.5. The third-order valence-electron chi connectivity index (χ3n) is 3.58. The van der Waals surface area contributed by atoms with Gasteiger partial charge in [0.15, 0.2) is 0 Å². The lowest BCUT2D eigenvalue weighted by atomic mass is 10.0. The Morgan fingerprint density at radius 3 is 2.79 bits per heavy atom. The molecule has 1 heterocycles. The number of piperidine rings is 1. The van der Waals surface area contributed by atoms with Crippen LogP contribution in [0.4, 0.5) is 0 Å². The van der Waals surface area contributed by atoms with E-state index in [-0.39, 0.29) is 0 Å². The van der Waals surface area contributed by atoms with Gasteiger partial charge in [-0.25, -0.2) is 8.42 Å². The van der Waals surface area contributed by atoms with Crippen LogP contribution in [0.25, 0.3) is 0 Å². The van der Waals surface area contributed by atoms with E-state index in [1.54, 1.807) is 16.4 Å². The van der Waals surface area contributed by atoms with E-state index < -0.39 is 10.0 Å². The van der Waals surface area contributed by atoms with E-state index >= 15 is 0 Å². The monoisotopic (exact) mass is 282 g/mol.